The van der Waals surface area contributed by atoms with Crippen molar-refractivity contribution in [3.63, 3.8) is 0 Å². The van der Waals surface area contributed by atoms with Gasteiger partial charge in [0.2, 0.25) is 15.9 Å². The van der Waals surface area contributed by atoms with Crippen LogP contribution in [0.3, 0.4) is 0 Å². The maximum atomic E-state index is 13.1. The number of rotatable bonds is 5. The van der Waals surface area contributed by atoms with Crippen molar-refractivity contribution in [1.82, 2.24) is 4.72 Å². The molecule has 0 fully saturated rings. The Morgan fingerprint density at radius 1 is 1.18 bits per heavy atom. The zero-order valence-electron chi connectivity index (χ0n) is 15.1. The molecule has 1 aliphatic rings. The number of halogens is 3. The van der Waals surface area contributed by atoms with Crippen LogP contribution in [0.15, 0.2) is 47.4 Å². The Labute approximate surface area is 161 Å². The lowest BCUT2D eigenvalue weighted by atomic mass is 10.1. The number of nitrogens with one attached hydrogen (secondary N) is 1. The number of carbonyl (C=O) groups is 1. The van der Waals surface area contributed by atoms with Crippen molar-refractivity contribution in [3.05, 3.63) is 59.2 Å². The van der Waals surface area contributed by atoms with Crippen molar-refractivity contribution in [1.29, 1.82) is 0 Å². The summed E-state index contributed by atoms with van der Waals surface area (Å²) in [6.07, 6.45) is -3.73. The summed E-state index contributed by atoms with van der Waals surface area (Å²) < 4.78 is 66.4. The number of fused-ring (bicyclic) bond motifs is 1. The van der Waals surface area contributed by atoms with Crippen LogP contribution in [0.2, 0.25) is 0 Å². The van der Waals surface area contributed by atoms with Crippen LogP contribution in [0, 0.1) is 0 Å². The van der Waals surface area contributed by atoms with Gasteiger partial charge < -0.3 is 4.90 Å². The second-order valence-corrected chi connectivity index (χ2v) is 8.17. The normalized spacial score (nSPS) is 14.2. The van der Waals surface area contributed by atoms with Crippen LogP contribution < -0.4 is 9.62 Å². The fourth-order valence-electron chi connectivity index (χ4n) is 3.21. The van der Waals surface area contributed by atoms with Crippen LogP contribution in [0.5, 0.6) is 0 Å². The predicted molar refractivity (Wildman–Crippen MR) is 98.3 cm³/mol. The highest BCUT2D eigenvalue weighted by molar-refractivity contribution is 7.89. The minimum Gasteiger partial charge on any atom is -0.312 e. The summed E-state index contributed by atoms with van der Waals surface area (Å²) in [6.45, 7) is 2.20. The van der Waals surface area contributed by atoms with Gasteiger partial charge in [-0.25, -0.2) is 13.1 Å². The fraction of sp³-hybridized carbons (Fsp3) is 0.316. The van der Waals surface area contributed by atoms with Crippen molar-refractivity contribution < 1.29 is 26.4 Å². The van der Waals surface area contributed by atoms with E-state index >= 15 is 0 Å². The van der Waals surface area contributed by atoms with Gasteiger partial charge in [0.1, 0.15) is 0 Å². The molecule has 9 heteroatoms. The summed E-state index contributed by atoms with van der Waals surface area (Å²) in [4.78, 5) is 12.8. The summed E-state index contributed by atoms with van der Waals surface area (Å²) in [7, 11) is -4.35. The number of anilines is 1. The topological polar surface area (TPSA) is 66.5 Å². The SMILES string of the molecule is CCC(=O)N1CCc2cc(CNS(=O)(=O)c3ccccc3C(F)(F)F)ccc21. The minimum atomic E-state index is -4.77. The third-order valence-corrected chi connectivity index (χ3v) is 6.05. The first kappa shape index (κ1) is 20.3. The van der Waals surface area contributed by atoms with Crippen molar-refractivity contribution in [2.75, 3.05) is 11.4 Å². The van der Waals surface area contributed by atoms with Crippen LogP contribution in [-0.2, 0) is 34.0 Å². The van der Waals surface area contributed by atoms with Crippen LogP contribution in [-0.4, -0.2) is 20.9 Å². The van der Waals surface area contributed by atoms with Gasteiger partial charge in [-0.3, -0.25) is 4.79 Å². The average Bonchev–Trinajstić information content (AvgIpc) is 3.08. The maximum Gasteiger partial charge on any atom is 0.417 e. The standard InChI is InChI=1S/C19H19F3N2O3S/c1-2-18(25)24-10-9-14-11-13(7-8-16(14)24)12-23-28(26,27)17-6-4-3-5-15(17)19(20,21)22/h3-8,11,23H,2,9-10,12H2,1H3. The first-order chi connectivity index (χ1) is 13.1. The van der Waals surface area contributed by atoms with Gasteiger partial charge in [-0.2, -0.15) is 13.2 Å². The second kappa shape index (κ2) is 7.56. The summed E-state index contributed by atoms with van der Waals surface area (Å²) in [5.41, 5.74) is 1.11. The Morgan fingerprint density at radius 2 is 1.89 bits per heavy atom. The summed E-state index contributed by atoms with van der Waals surface area (Å²) >= 11 is 0. The lowest BCUT2D eigenvalue weighted by Gasteiger charge is -2.17. The van der Waals surface area contributed by atoms with E-state index in [1.807, 2.05) is 0 Å². The highest BCUT2D eigenvalue weighted by Gasteiger charge is 2.36. The summed E-state index contributed by atoms with van der Waals surface area (Å²) in [5.74, 6) is 0.0101. The van der Waals surface area contributed by atoms with Gasteiger partial charge in [-0.1, -0.05) is 31.2 Å². The van der Waals surface area contributed by atoms with Gasteiger partial charge in [0.05, 0.1) is 10.5 Å². The van der Waals surface area contributed by atoms with Gasteiger partial charge in [0.25, 0.3) is 0 Å². The Bertz CT molecular complexity index is 1000. The predicted octanol–water partition coefficient (Wildman–Crippen LogP) is 3.48. The summed E-state index contributed by atoms with van der Waals surface area (Å²) in [6, 6.07) is 9.24. The first-order valence-corrected chi connectivity index (χ1v) is 10.2. The average molecular weight is 412 g/mol. The highest BCUT2D eigenvalue weighted by atomic mass is 32.2. The third-order valence-electron chi connectivity index (χ3n) is 4.59. The molecule has 1 heterocycles. The number of hydrogen-bond acceptors (Lipinski definition) is 3. The molecule has 5 nitrogen and oxygen atoms in total. The maximum absolute atomic E-state index is 13.1. The quantitative estimate of drug-likeness (QED) is 0.818. The lowest BCUT2D eigenvalue weighted by Crippen LogP contribution is -2.27. The van der Waals surface area contributed by atoms with Crippen molar-refractivity contribution in [2.24, 2.45) is 0 Å². The van der Waals surface area contributed by atoms with E-state index < -0.39 is 26.7 Å². The molecule has 0 unspecified atom stereocenters. The molecular formula is C19H19F3N2O3S. The monoisotopic (exact) mass is 412 g/mol. The van der Waals surface area contributed by atoms with E-state index in [1.165, 1.54) is 6.07 Å². The van der Waals surface area contributed by atoms with E-state index in [9.17, 15) is 26.4 Å². The molecule has 1 N–H and O–H groups in total. The largest absolute Gasteiger partial charge is 0.417 e. The summed E-state index contributed by atoms with van der Waals surface area (Å²) in [5, 5.41) is 0. The molecule has 0 spiro atoms. The first-order valence-electron chi connectivity index (χ1n) is 8.71. The zero-order chi connectivity index (χ0) is 20.5. The van der Waals surface area contributed by atoms with Gasteiger partial charge in [-0.05, 0) is 35.7 Å². The number of benzene rings is 2. The molecule has 1 aliphatic heterocycles. The Hall–Kier alpha value is -2.39. The number of sulfonamides is 1. The van der Waals surface area contributed by atoms with E-state index in [-0.39, 0.29) is 12.5 Å². The Kier molecular flexibility index (Phi) is 5.49. The third kappa shape index (κ3) is 4.05. The van der Waals surface area contributed by atoms with Crippen LogP contribution in [0.1, 0.15) is 30.0 Å². The Balaban J connectivity index is 1.79. The number of carbonyl (C=O) groups excluding carboxylic acids is 1. The molecule has 3 rings (SSSR count). The van der Waals surface area contributed by atoms with Gasteiger partial charge in [-0.15, -0.1) is 0 Å². The molecule has 1 amide bonds. The molecule has 0 saturated carbocycles. The molecule has 0 bridgehead atoms. The van der Waals surface area contributed by atoms with Crippen LogP contribution in [0.4, 0.5) is 18.9 Å². The molecule has 2 aromatic rings. The fourth-order valence-corrected chi connectivity index (χ4v) is 4.45. The molecule has 0 atom stereocenters. The zero-order valence-corrected chi connectivity index (χ0v) is 15.9. The van der Waals surface area contributed by atoms with Gasteiger partial charge in [0, 0.05) is 25.2 Å². The molecule has 0 radical (unpaired) electrons. The molecule has 28 heavy (non-hydrogen) atoms. The van der Waals surface area contributed by atoms with Gasteiger partial charge in [0.15, 0.2) is 0 Å². The van der Waals surface area contributed by atoms with Crippen LogP contribution >= 0.6 is 0 Å². The molecular weight excluding hydrogens is 393 g/mol. The molecule has 0 saturated heterocycles. The van der Waals surface area contributed by atoms with E-state index in [0.29, 0.717) is 24.9 Å². The van der Waals surface area contributed by atoms with Crippen molar-refractivity contribution >= 4 is 21.6 Å². The molecule has 150 valence electrons. The molecule has 2 aromatic carbocycles. The van der Waals surface area contributed by atoms with E-state index in [0.717, 1.165) is 29.4 Å². The lowest BCUT2D eigenvalue weighted by molar-refractivity contribution is -0.139. The van der Waals surface area contributed by atoms with E-state index in [4.69, 9.17) is 0 Å². The smallest absolute Gasteiger partial charge is 0.312 e. The molecule has 0 aromatic heterocycles. The van der Waals surface area contributed by atoms with E-state index in [1.54, 1.807) is 30.0 Å². The number of nitrogens with zero attached hydrogens (tertiary/aromatic N) is 1. The van der Waals surface area contributed by atoms with Crippen LogP contribution in [0.25, 0.3) is 0 Å². The highest BCUT2D eigenvalue weighted by Crippen LogP contribution is 2.34. The van der Waals surface area contributed by atoms with E-state index in [2.05, 4.69) is 4.72 Å². The minimum absolute atomic E-state index is 0.0101. The van der Waals surface area contributed by atoms with Crippen molar-refractivity contribution in [3.8, 4) is 0 Å². The Morgan fingerprint density at radius 3 is 2.57 bits per heavy atom. The number of alkyl halides is 3. The van der Waals surface area contributed by atoms with Gasteiger partial charge >= 0.3 is 6.18 Å². The van der Waals surface area contributed by atoms with Crippen molar-refractivity contribution in [2.45, 2.75) is 37.4 Å². The number of amides is 1. The number of hydrogen-bond donors (Lipinski definition) is 1. The molecule has 0 aliphatic carbocycles. The second-order valence-electron chi connectivity index (χ2n) is 6.43.